The summed E-state index contributed by atoms with van der Waals surface area (Å²) in [4.78, 5) is 21.5. The molecule has 1 N–H and O–H groups in total. The summed E-state index contributed by atoms with van der Waals surface area (Å²) < 4.78 is 11.3. The number of carbonyl (C=O) groups excluding carboxylic acids is 1. The molecule has 0 radical (unpaired) electrons. The Morgan fingerprint density at radius 1 is 1.16 bits per heavy atom. The van der Waals surface area contributed by atoms with E-state index >= 15 is 0 Å². The number of nitrogens with zero attached hydrogens (tertiary/aromatic N) is 3. The van der Waals surface area contributed by atoms with Crippen molar-refractivity contribution in [2.75, 3.05) is 32.8 Å². The highest BCUT2D eigenvalue weighted by Crippen LogP contribution is 2.19. The summed E-state index contributed by atoms with van der Waals surface area (Å²) >= 11 is 0. The van der Waals surface area contributed by atoms with Crippen LogP contribution < -0.4 is 10.1 Å². The monoisotopic (exact) mass is 424 g/mol. The Balaban J connectivity index is 1.21. The Morgan fingerprint density at radius 2 is 1.97 bits per heavy atom. The average Bonchev–Trinajstić information content (AvgIpc) is 2.83. The van der Waals surface area contributed by atoms with Crippen molar-refractivity contribution in [1.82, 2.24) is 20.1 Å². The number of aromatic nitrogens is 1. The van der Waals surface area contributed by atoms with Crippen LogP contribution in [0.3, 0.4) is 0 Å². The number of amides is 2. The van der Waals surface area contributed by atoms with Crippen LogP contribution in [-0.4, -0.2) is 65.7 Å². The van der Waals surface area contributed by atoms with Crippen LogP contribution in [0.5, 0.6) is 5.75 Å². The quantitative estimate of drug-likeness (QED) is 0.772. The van der Waals surface area contributed by atoms with Crippen LogP contribution >= 0.6 is 0 Å². The van der Waals surface area contributed by atoms with Crippen LogP contribution in [0.15, 0.2) is 48.7 Å². The van der Waals surface area contributed by atoms with E-state index in [2.05, 4.69) is 22.1 Å². The summed E-state index contributed by atoms with van der Waals surface area (Å²) in [5, 5.41) is 3.07. The van der Waals surface area contributed by atoms with Gasteiger partial charge < -0.3 is 19.7 Å². The SMILES string of the molecule is C[C@H]1CN(C2CCOCC2)CCN1C(=O)NCc1ccc(OCc2ccccn2)cc1. The standard InChI is InChI=1S/C24H32N4O3/c1-19-17-27(22-9-14-30-15-10-22)12-13-28(19)24(29)26-16-20-5-7-23(8-6-20)31-18-21-4-2-3-11-25-21/h2-8,11,19,22H,9-10,12-18H2,1H3,(H,26,29)/t19-/m0/s1. The fourth-order valence-electron chi connectivity index (χ4n) is 4.29. The van der Waals surface area contributed by atoms with Gasteiger partial charge in [0.15, 0.2) is 0 Å². The molecule has 2 fully saturated rings. The van der Waals surface area contributed by atoms with E-state index in [1.54, 1.807) is 6.20 Å². The average molecular weight is 425 g/mol. The molecule has 0 unspecified atom stereocenters. The van der Waals surface area contributed by atoms with Crippen LogP contribution in [0, 0.1) is 0 Å². The van der Waals surface area contributed by atoms with Crippen LogP contribution in [0.25, 0.3) is 0 Å². The number of nitrogens with one attached hydrogen (secondary N) is 1. The number of hydrogen-bond acceptors (Lipinski definition) is 5. The molecular formula is C24H32N4O3. The predicted molar refractivity (Wildman–Crippen MR) is 119 cm³/mol. The third-order valence-electron chi connectivity index (χ3n) is 6.11. The molecule has 0 saturated carbocycles. The maximum Gasteiger partial charge on any atom is 0.317 e. The van der Waals surface area contributed by atoms with E-state index in [-0.39, 0.29) is 12.1 Å². The molecule has 0 aliphatic carbocycles. The second-order valence-corrected chi connectivity index (χ2v) is 8.29. The summed E-state index contributed by atoms with van der Waals surface area (Å²) in [6.45, 7) is 7.43. The topological polar surface area (TPSA) is 66.9 Å². The number of piperazine rings is 1. The summed E-state index contributed by atoms with van der Waals surface area (Å²) in [7, 11) is 0. The molecule has 7 nitrogen and oxygen atoms in total. The van der Waals surface area contributed by atoms with Crippen LogP contribution in [-0.2, 0) is 17.9 Å². The normalized spacial score (nSPS) is 20.4. The highest BCUT2D eigenvalue weighted by molar-refractivity contribution is 5.74. The highest BCUT2D eigenvalue weighted by Gasteiger charge is 2.31. The second kappa shape index (κ2) is 10.6. The lowest BCUT2D eigenvalue weighted by Crippen LogP contribution is -2.58. The first-order valence-electron chi connectivity index (χ1n) is 11.2. The maximum atomic E-state index is 12.7. The minimum atomic E-state index is 0.00889. The van der Waals surface area contributed by atoms with Gasteiger partial charge in [0.2, 0.25) is 0 Å². The molecule has 2 aromatic rings. The van der Waals surface area contributed by atoms with Gasteiger partial charge in [-0.25, -0.2) is 4.79 Å². The molecule has 2 saturated heterocycles. The maximum absolute atomic E-state index is 12.7. The predicted octanol–water partition coefficient (Wildman–Crippen LogP) is 3.06. The van der Waals surface area contributed by atoms with Gasteiger partial charge in [-0.3, -0.25) is 9.88 Å². The molecule has 31 heavy (non-hydrogen) atoms. The van der Waals surface area contributed by atoms with E-state index in [1.807, 2.05) is 47.4 Å². The van der Waals surface area contributed by atoms with E-state index in [4.69, 9.17) is 9.47 Å². The number of urea groups is 1. The molecule has 0 spiro atoms. The summed E-state index contributed by atoms with van der Waals surface area (Å²) in [6, 6.07) is 14.4. The molecule has 0 bridgehead atoms. The number of rotatable bonds is 6. The van der Waals surface area contributed by atoms with Crippen molar-refractivity contribution in [3.8, 4) is 5.75 Å². The second-order valence-electron chi connectivity index (χ2n) is 8.29. The fourth-order valence-corrected chi connectivity index (χ4v) is 4.29. The Hall–Kier alpha value is -2.64. The summed E-state index contributed by atoms with van der Waals surface area (Å²) in [6.07, 6.45) is 3.96. The molecule has 7 heteroatoms. The van der Waals surface area contributed by atoms with E-state index in [0.29, 0.717) is 19.2 Å². The van der Waals surface area contributed by atoms with Crippen molar-refractivity contribution in [3.05, 3.63) is 59.9 Å². The lowest BCUT2D eigenvalue weighted by Gasteiger charge is -2.44. The zero-order chi connectivity index (χ0) is 21.5. The van der Waals surface area contributed by atoms with Gasteiger partial charge >= 0.3 is 6.03 Å². The van der Waals surface area contributed by atoms with Gasteiger partial charge in [-0.1, -0.05) is 18.2 Å². The molecule has 2 aliphatic rings. The van der Waals surface area contributed by atoms with E-state index in [1.165, 1.54) is 0 Å². The number of benzene rings is 1. The first kappa shape index (κ1) is 21.6. The van der Waals surface area contributed by atoms with Crippen molar-refractivity contribution in [2.45, 2.75) is 45.0 Å². The Bertz CT molecular complexity index is 824. The molecule has 4 rings (SSSR count). The van der Waals surface area contributed by atoms with E-state index in [9.17, 15) is 4.79 Å². The van der Waals surface area contributed by atoms with Gasteiger partial charge in [0.25, 0.3) is 0 Å². The zero-order valence-electron chi connectivity index (χ0n) is 18.2. The van der Waals surface area contributed by atoms with Crippen LogP contribution in [0.1, 0.15) is 31.0 Å². The first-order valence-corrected chi connectivity index (χ1v) is 11.2. The lowest BCUT2D eigenvalue weighted by atomic mass is 10.0. The van der Waals surface area contributed by atoms with Crippen LogP contribution in [0.4, 0.5) is 4.79 Å². The van der Waals surface area contributed by atoms with Crippen molar-refractivity contribution < 1.29 is 14.3 Å². The molecule has 2 amide bonds. The van der Waals surface area contributed by atoms with Gasteiger partial charge in [0, 0.05) is 57.7 Å². The molecular weight excluding hydrogens is 392 g/mol. The van der Waals surface area contributed by atoms with Crippen molar-refractivity contribution in [3.63, 3.8) is 0 Å². The number of hydrogen-bond donors (Lipinski definition) is 1. The van der Waals surface area contributed by atoms with Gasteiger partial charge in [-0.15, -0.1) is 0 Å². The minimum Gasteiger partial charge on any atom is -0.487 e. The first-order chi connectivity index (χ1) is 15.2. The van der Waals surface area contributed by atoms with Gasteiger partial charge in [0.05, 0.1) is 5.69 Å². The summed E-state index contributed by atoms with van der Waals surface area (Å²) in [5.74, 6) is 0.790. The molecule has 1 aromatic carbocycles. The minimum absolute atomic E-state index is 0.00889. The van der Waals surface area contributed by atoms with Crippen LogP contribution in [0.2, 0.25) is 0 Å². The van der Waals surface area contributed by atoms with Crippen molar-refractivity contribution in [1.29, 1.82) is 0 Å². The third-order valence-corrected chi connectivity index (χ3v) is 6.11. The van der Waals surface area contributed by atoms with E-state index < -0.39 is 0 Å². The third kappa shape index (κ3) is 5.95. The Kier molecular flexibility index (Phi) is 7.38. The number of pyridine rings is 1. The van der Waals surface area contributed by atoms with Crippen molar-refractivity contribution >= 4 is 6.03 Å². The zero-order valence-corrected chi connectivity index (χ0v) is 18.2. The molecule has 3 heterocycles. The highest BCUT2D eigenvalue weighted by atomic mass is 16.5. The smallest absolute Gasteiger partial charge is 0.317 e. The van der Waals surface area contributed by atoms with E-state index in [0.717, 1.165) is 62.7 Å². The molecule has 166 valence electrons. The van der Waals surface area contributed by atoms with Gasteiger partial charge in [-0.2, -0.15) is 0 Å². The molecule has 1 atom stereocenters. The number of carbonyl (C=O) groups is 1. The Labute approximate surface area is 184 Å². The van der Waals surface area contributed by atoms with Gasteiger partial charge in [-0.05, 0) is 49.6 Å². The number of ether oxygens (including phenoxy) is 2. The molecule has 2 aliphatic heterocycles. The summed E-state index contributed by atoms with van der Waals surface area (Å²) in [5.41, 5.74) is 1.94. The molecule has 1 aromatic heterocycles. The van der Waals surface area contributed by atoms with Crippen molar-refractivity contribution in [2.24, 2.45) is 0 Å². The fraction of sp³-hybridized carbons (Fsp3) is 0.500. The largest absolute Gasteiger partial charge is 0.487 e. The Morgan fingerprint density at radius 3 is 2.68 bits per heavy atom. The van der Waals surface area contributed by atoms with Gasteiger partial charge in [0.1, 0.15) is 12.4 Å². The lowest BCUT2D eigenvalue weighted by molar-refractivity contribution is 0.00699.